The summed E-state index contributed by atoms with van der Waals surface area (Å²) in [5.41, 5.74) is 14.5. The number of benzene rings is 4. The highest BCUT2D eigenvalue weighted by molar-refractivity contribution is 5.84. The van der Waals surface area contributed by atoms with Crippen molar-refractivity contribution in [1.82, 2.24) is 15.5 Å². The zero-order chi connectivity index (χ0) is 33.7. The molecule has 1 unspecified atom stereocenters. The first-order chi connectivity index (χ1) is 23.4. The summed E-state index contributed by atoms with van der Waals surface area (Å²) in [4.78, 5) is 33.4. The minimum absolute atomic E-state index is 0.0236. The van der Waals surface area contributed by atoms with Gasteiger partial charge in [-0.1, -0.05) is 104 Å². The lowest BCUT2D eigenvalue weighted by atomic mass is 9.90. The zero-order valence-corrected chi connectivity index (χ0v) is 27.8. The van der Waals surface area contributed by atoms with Crippen molar-refractivity contribution in [3.05, 3.63) is 120 Å². The number of nitrogens with zero attached hydrogens (tertiary/aromatic N) is 2. The number of aliphatic imine (C=N–C) groups is 1. The third-order valence-electron chi connectivity index (χ3n) is 8.97. The van der Waals surface area contributed by atoms with Gasteiger partial charge in [-0.3, -0.25) is 9.79 Å². The maximum absolute atomic E-state index is 14.3. The first-order valence-corrected chi connectivity index (χ1v) is 17.0. The number of hydrogen-bond donors (Lipinski definition) is 4. The average Bonchev–Trinajstić information content (AvgIpc) is 3.25. The molecule has 6 N–H and O–H groups in total. The van der Waals surface area contributed by atoms with Crippen molar-refractivity contribution in [2.45, 2.75) is 63.1 Å². The third-order valence-corrected chi connectivity index (χ3v) is 8.97. The Hall–Kier alpha value is -4.89. The quantitative estimate of drug-likeness (QED) is 0.0770. The van der Waals surface area contributed by atoms with E-state index in [9.17, 15) is 9.59 Å². The van der Waals surface area contributed by atoms with Gasteiger partial charge in [0.1, 0.15) is 0 Å². The van der Waals surface area contributed by atoms with Crippen LogP contribution in [0, 0.1) is 0 Å². The second-order valence-corrected chi connectivity index (χ2v) is 12.5. The van der Waals surface area contributed by atoms with Gasteiger partial charge in [0, 0.05) is 31.6 Å². The number of carbonyl (C=O) groups is 2. The van der Waals surface area contributed by atoms with Crippen molar-refractivity contribution in [2.75, 3.05) is 26.2 Å². The first kappa shape index (κ1) is 34.4. The fraction of sp³-hybridized carbons (Fsp3) is 0.359. The van der Waals surface area contributed by atoms with Crippen LogP contribution in [0.5, 0.6) is 0 Å². The van der Waals surface area contributed by atoms with Gasteiger partial charge < -0.3 is 31.7 Å². The number of alkyl carbamates (subject to hydrolysis) is 1. The molecule has 4 aromatic rings. The van der Waals surface area contributed by atoms with Crippen molar-refractivity contribution in [2.24, 2.45) is 16.5 Å². The summed E-state index contributed by atoms with van der Waals surface area (Å²) in [5, 5.41) is 9.06. The Balaban J connectivity index is 1.41. The molecule has 0 bridgehead atoms. The maximum Gasteiger partial charge on any atom is 0.407 e. The molecule has 1 aliphatic heterocycles. The molecule has 1 heterocycles. The number of rotatable bonds is 14. The molecule has 252 valence electrons. The van der Waals surface area contributed by atoms with Crippen LogP contribution in [-0.4, -0.2) is 61.2 Å². The lowest BCUT2D eigenvalue weighted by Crippen LogP contribution is -2.47. The highest BCUT2D eigenvalue weighted by atomic mass is 16.5. The molecular formula is C39H48N6O3. The molecule has 2 amide bonds. The molecule has 3 atom stereocenters. The number of nitrogens with one attached hydrogen (secondary N) is 2. The number of ether oxygens (including phenoxy) is 1. The second kappa shape index (κ2) is 17.3. The molecular weight excluding hydrogens is 600 g/mol. The van der Waals surface area contributed by atoms with E-state index >= 15 is 0 Å². The van der Waals surface area contributed by atoms with Crippen molar-refractivity contribution in [1.29, 1.82) is 0 Å². The van der Waals surface area contributed by atoms with Crippen LogP contribution in [0.3, 0.4) is 0 Å². The fourth-order valence-corrected chi connectivity index (χ4v) is 6.52. The van der Waals surface area contributed by atoms with Gasteiger partial charge in [0.2, 0.25) is 5.91 Å². The molecule has 1 fully saturated rings. The lowest BCUT2D eigenvalue weighted by Gasteiger charge is -2.29. The third kappa shape index (κ3) is 9.58. The van der Waals surface area contributed by atoms with Crippen molar-refractivity contribution in [3.63, 3.8) is 0 Å². The van der Waals surface area contributed by atoms with E-state index < -0.39 is 12.1 Å². The molecule has 4 aromatic carbocycles. The van der Waals surface area contributed by atoms with E-state index in [4.69, 9.17) is 16.2 Å². The Bertz CT molecular complexity index is 1600. The SMILES string of the molecule is CCCOC(=O)NC(C[C@@H]1CCN(CC(c2ccccc2)c2ccccc2)C(=O)[C@H](CCCN=C(N)N)N1)c1ccc2ccccc2c1. The van der Waals surface area contributed by atoms with E-state index in [2.05, 4.69) is 70.2 Å². The highest BCUT2D eigenvalue weighted by Crippen LogP contribution is 2.29. The van der Waals surface area contributed by atoms with Gasteiger partial charge in [-0.15, -0.1) is 0 Å². The molecule has 0 aliphatic carbocycles. The topological polar surface area (TPSA) is 135 Å². The van der Waals surface area contributed by atoms with E-state index in [1.165, 1.54) is 11.1 Å². The van der Waals surface area contributed by atoms with Gasteiger partial charge in [-0.2, -0.15) is 0 Å². The molecule has 1 aliphatic rings. The Morgan fingerprint density at radius 1 is 0.938 bits per heavy atom. The van der Waals surface area contributed by atoms with E-state index in [-0.39, 0.29) is 29.9 Å². The summed E-state index contributed by atoms with van der Waals surface area (Å²) in [6.07, 6.45) is 2.84. The van der Waals surface area contributed by atoms with Gasteiger partial charge in [0.05, 0.1) is 18.7 Å². The molecule has 0 spiro atoms. The van der Waals surface area contributed by atoms with Gasteiger partial charge in [0.25, 0.3) is 0 Å². The Labute approximate surface area is 283 Å². The number of carbonyl (C=O) groups excluding carboxylic acids is 2. The van der Waals surface area contributed by atoms with Crippen LogP contribution in [0.25, 0.3) is 10.8 Å². The van der Waals surface area contributed by atoms with E-state index in [0.29, 0.717) is 45.5 Å². The summed E-state index contributed by atoms with van der Waals surface area (Å²) in [7, 11) is 0. The van der Waals surface area contributed by atoms with Crippen LogP contribution < -0.4 is 22.1 Å². The van der Waals surface area contributed by atoms with Gasteiger partial charge >= 0.3 is 6.09 Å². The monoisotopic (exact) mass is 648 g/mol. The Morgan fingerprint density at radius 3 is 2.27 bits per heavy atom. The molecule has 0 saturated carbocycles. The van der Waals surface area contributed by atoms with E-state index in [1.54, 1.807) is 0 Å². The van der Waals surface area contributed by atoms with Crippen LogP contribution in [0.2, 0.25) is 0 Å². The smallest absolute Gasteiger partial charge is 0.407 e. The van der Waals surface area contributed by atoms with Crippen LogP contribution >= 0.6 is 0 Å². The molecule has 1 saturated heterocycles. The molecule has 48 heavy (non-hydrogen) atoms. The van der Waals surface area contributed by atoms with Crippen LogP contribution in [-0.2, 0) is 9.53 Å². The fourth-order valence-electron chi connectivity index (χ4n) is 6.52. The number of fused-ring (bicyclic) bond motifs is 1. The minimum Gasteiger partial charge on any atom is -0.450 e. The molecule has 9 heteroatoms. The summed E-state index contributed by atoms with van der Waals surface area (Å²) >= 11 is 0. The van der Waals surface area contributed by atoms with Crippen molar-refractivity contribution >= 4 is 28.7 Å². The predicted octanol–water partition coefficient (Wildman–Crippen LogP) is 5.85. The normalized spacial score (nSPS) is 17.1. The first-order valence-electron chi connectivity index (χ1n) is 17.0. The largest absolute Gasteiger partial charge is 0.450 e. The minimum atomic E-state index is -0.441. The number of nitrogens with two attached hydrogens (primary N) is 2. The molecule has 5 rings (SSSR count). The van der Waals surface area contributed by atoms with Crippen LogP contribution in [0.4, 0.5) is 4.79 Å². The standard InChI is InChI=1S/C39H48N6O3/c1-2-24-48-39(47)44-36(32-20-19-28-12-9-10-17-31(28)25-32)26-33-21-23-45(37(46)35(43-33)18-11-22-42-38(40)41)27-34(29-13-5-3-6-14-29)30-15-7-4-8-16-30/h3-10,12-17,19-20,25,33-36,43H,2,11,18,21-24,26-27H2,1H3,(H,44,47)(H4,40,41,42)/t33-,35-,36?/m0/s1. The summed E-state index contributed by atoms with van der Waals surface area (Å²) in [5.74, 6) is 0.134. The summed E-state index contributed by atoms with van der Waals surface area (Å²) in [6, 6.07) is 34.4. The maximum atomic E-state index is 14.3. The van der Waals surface area contributed by atoms with Crippen LogP contribution in [0.1, 0.15) is 67.7 Å². The highest BCUT2D eigenvalue weighted by Gasteiger charge is 2.34. The van der Waals surface area contributed by atoms with Gasteiger partial charge in [-0.25, -0.2) is 4.79 Å². The number of hydrogen-bond acceptors (Lipinski definition) is 5. The van der Waals surface area contributed by atoms with Crippen LogP contribution in [0.15, 0.2) is 108 Å². The van der Waals surface area contributed by atoms with Gasteiger partial charge in [0.15, 0.2) is 5.96 Å². The molecule has 9 nitrogen and oxygen atoms in total. The Kier molecular flexibility index (Phi) is 12.4. The lowest BCUT2D eigenvalue weighted by molar-refractivity contribution is -0.133. The zero-order valence-electron chi connectivity index (χ0n) is 27.8. The summed E-state index contributed by atoms with van der Waals surface area (Å²) in [6.45, 7) is 3.91. The van der Waals surface area contributed by atoms with Crippen molar-refractivity contribution in [3.8, 4) is 0 Å². The van der Waals surface area contributed by atoms with Gasteiger partial charge in [-0.05, 0) is 65.6 Å². The number of guanidine groups is 1. The Morgan fingerprint density at radius 2 is 1.60 bits per heavy atom. The molecule has 0 aromatic heterocycles. The van der Waals surface area contributed by atoms with E-state index in [0.717, 1.165) is 29.2 Å². The second-order valence-electron chi connectivity index (χ2n) is 12.5. The van der Waals surface area contributed by atoms with Crippen molar-refractivity contribution < 1.29 is 14.3 Å². The summed E-state index contributed by atoms with van der Waals surface area (Å²) < 4.78 is 5.45. The van der Waals surface area contributed by atoms with E-state index in [1.807, 2.05) is 60.4 Å². The molecule has 0 radical (unpaired) electrons. The predicted molar refractivity (Wildman–Crippen MR) is 193 cm³/mol. The number of amides is 2. The average molecular weight is 649 g/mol.